The Kier molecular flexibility index (Phi) is 4.42. The van der Waals surface area contributed by atoms with Crippen LogP contribution in [0.15, 0.2) is 51.8 Å². The van der Waals surface area contributed by atoms with Crippen LogP contribution in [0.2, 0.25) is 0 Å². The first-order valence-corrected chi connectivity index (χ1v) is 7.58. The molecule has 2 nitrogen and oxygen atoms in total. The molecule has 0 spiro atoms. The quantitative estimate of drug-likeness (QED) is 0.568. The molecule has 2 rings (SSSR count). The molecule has 0 aromatic heterocycles. The van der Waals surface area contributed by atoms with Gasteiger partial charge in [-0.3, -0.25) is 0 Å². The number of allylic oxidation sites excluding steroid dienone is 3. The van der Waals surface area contributed by atoms with E-state index in [9.17, 15) is 0 Å². The third-order valence-corrected chi connectivity index (χ3v) is 4.72. The maximum absolute atomic E-state index is 9.12. The number of hydrogen-bond donors (Lipinski definition) is 1. The van der Waals surface area contributed by atoms with Crippen molar-refractivity contribution >= 4 is 0 Å². The van der Waals surface area contributed by atoms with Crippen molar-refractivity contribution in [3.63, 3.8) is 0 Å². The first kappa shape index (κ1) is 12.4. The molecule has 17 heavy (non-hydrogen) atoms. The third-order valence-electron chi connectivity index (χ3n) is 2.08. The zero-order valence-corrected chi connectivity index (χ0v) is 11.7. The molecule has 0 fully saturated rings. The Labute approximate surface area is 112 Å². The van der Waals surface area contributed by atoms with Crippen molar-refractivity contribution in [2.75, 3.05) is 6.61 Å². The maximum atomic E-state index is 9.12. The molecule has 3 heteroatoms. The average Bonchev–Trinajstić information content (AvgIpc) is 2.81. The minimum atomic E-state index is -0.429. The zero-order valence-electron chi connectivity index (χ0n) is 9.56. The van der Waals surface area contributed by atoms with Crippen LogP contribution in [0.4, 0.5) is 0 Å². The zero-order chi connectivity index (χ0) is 12.1. The molecule has 1 unspecified atom stereocenters. The fraction of sp³-hybridized carbons (Fsp3) is 0.214. The van der Waals surface area contributed by atoms with E-state index in [1.807, 2.05) is 24.3 Å². The summed E-state index contributed by atoms with van der Waals surface area (Å²) in [7, 11) is 0. The van der Waals surface area contributed by atoms with Crippen molar-refractivity contribution in [1.29, 1.82) is 0 Å². The van der Waals surface area contributed by atoms with Gasteiger partial charge in [0, 0.05) is 0 Å². The van der Waals surface area contributed by atoms with Crippen molar-refractivity contribution in [2.45, 2.75) is 13.0 Å². The van der Waals surface area contributed by atoms with Gasteiger partial charge in [-0.25, -0.2) is 0 Å². The fourth-order valence-electron chi connectivity index (χ4n) is 1.30. The van der Waals surface area contributed by atoms with Gasteiger partial charge in [-0.1, -0.05) is 0 Å². The Morgan fingerprint density at radius 3 is 2.71 bits per heavy atom. The first-order chi connectivity index (χ1) is 8.24. The van der Waals surface area contributed by atoms with Crippen LogP contribution in [-0.2, 0) is 0 Å². The SMILES string of the molecule is CC(O)COc1ccc([I-]C2=CC=C=C2)cc1. The molecule has 1 aliphatic rings. The molecular weight excluding hydrogens is 327 g/mol. The predicted molar refractivity (Wildman–Crippen MR) is 63.1 cm³/mol. The van der Waals surface area contributed by atoms with Crippen molar-refractivity contribution in [3.8, 4) is 5.75 Å². The number of benzene rings is 1. The molecule has 1 aromatic carbocycles. The molecule has 0 bridgehead atoms. The molecule has 1 atom stereocenters. The van der Waals surface area contributed by atoms with Crippen molar-refractivity contribution in [2.24, 2.45) is 0 Å². The summed E-state index contributed by atoms with van der Waals surface area (Å²) in [5.41, 5.74) is 3.07. The Morgan fingerprint density at radius 1 is 1.35 bits per heavy atom. The Hall–Kier alpha value is -1.03. The molecule has 0 radical (unpaired) electrons. The molecule has 90 valence electrons. The molecule has 0 heterocycles. The van der Waals surface area contributed by atoms with Crippen LogP contribution in [0.3, 0.4) is 0 Å². The molecule has 1 N–H and O–H groups in total. The summed E-state index contributed by atoms with van der Waals surface area (Å²) in [4.78, 5) is 0. The minimum absolute atomic E-state index is 0.105. The van der Waals surface area contributed by atoms with Gasteiger partial charge in [0.1, 0.15) is 0 Å². The van der Waals surface area contributed by atoms with Crippen LogP contribution >= 0.6 is 0 Å². The van der Waals surface area contributed by atoms with Crippen LogP contribution < -0.4 is 25.9 Å². The molecule has 0 amide bonds. The first-order valence-electron chi connectivity index (χ1n) is 5.42. The van der Waals surface area contributed by atoms with Crippen LogP contribution in [0.25, 0.3) is 0 Å². The van der Waals surface area contributed by atoms with Crippen molar-refractivity contribution in [3.05, 3.63) is 55.4 Å². The van der Waals surface area contributed by atoms with Crippen LogP contribution in [0.1, 0.15) is 6.92 Å². The second-order valence-corrected chi connectivity index (χ2v) is 6.77. The second kappa shape index (κ2) is 6.05. The van der Waals surface area contributed by atoms with Gasteiger partial charge in [-0.05, 0) is 0 Å². The van der Waals surface area contributed by atoms with Gasteiger partial charge in [0.15, 0.2) is 0 Å². The number of hydrogen-bond acceptors (Lipinski definition) is 2. The van der Waals surface area contributed by atoms with E-state index in [0.29, 0.717) is 6.61 Å². The Bertz CT molecular complexity index is 466. The van der Waals surface area contributed by atoms with Gasteiger partial charge >= 0.3 is 112 Å². The van der Waals surface area contributed by atoms with E-state index in [2.05, 4.69) is 23.9 Å². The van der Waals surface area contributed by atoms with E-state index in [0.717, 1.165) is 5.75 Å². The van der Waals surface area contributed by atoms with Gasteiger partial charge in [0.2, 0.25) is 0 Å². The summed E-state index contributed by atoms with van der Waals surface area (Å²) in [6, 6.07) is 8.11. The van der Waals surface area contributed by atoms with E-state index in [-0.39, 0.29) is 21.2 Å². The van der Waals surface area contributed by atoms with Crippen LogP contribution in [0.5, 0.6) is 5.75 Å². The number of aliphatic hydroxyl groups excluding tert-OH is 1. The van der Waals surface area contributed by atoms with Crippen molar-refractivity contribution in [1.82, 2.24) is 0 Å². The van der Waals surface area contributed by atoms with Gasteiger partial charge in [-0.15, -0.1) is 0 Å². The summed E-state index contributed by atoms with van der Waals surface area (Å²) in [6.07, 6.45) is 5.69. The van der Waals surface area contributed by atoms with E-state index in [1.165, 1.54) is 7.15 Å². The van der Waals surface area contributed by atoms with Crippen molar-refractivity contribution < 1.29 is 31.0 Å². The topological polar surface area (TPSA) is 29.5 Å². The molecule has 0 aliphatic heterocycles. The molecule has 0 saturated carbocycles. The van der Waals surface area contributed by atoms with E-state index < -0.39 is 6.10 Å². The standard InChI is InChI=1S/C14H14IO2/c1-11(16)10-17-14-8-6-13(7-9-14)15-12-4-2-3-5-12/h2,4-9,11,16H,10H2,1H3/q-1. The number of ether oxygens (including phenoxy) is 1. The number of halogens is 1. The summed E-state index contributed by atoms with van der Waals surface area (Å²) < 4.78 is 8.14. The van der Waals surface area contributed by atoms with Gasteiger partial charge in [0.05, 0.1) is 0 Å². The van der Waals surface area contributed by atoms with E-state index in [4.69, 9.17) is 9.84 Å². The monoisotopic (exact) mass is 341 g/mol. The second-order valence-electron chi connectivity index (χ2n) is 3.74. The third kappa shape index (κ3) is 4.04. The summed E-state index contributed by atoms with van der Waals surface area (Å²) in [5, 5.41) is 9.12. The normalized spacial score (nSPS) is 15.1. The predicted octanol–water partition coefficient (Wildman–Crippen LogP) is -0.686. The molecular formula is C14H14IO2-. The fourth-order valence-corrected chi connectivity index (χ4v) is 3.43. The van der Waals surface area contributed by atoms with Gasteiger partial charge < -0.3 is 0 Å². The average molecular weight is 341 g/mol. The number of rotatable bonds is 5. The Morgan fingerprint density at radius 2 is 2.12 bits per heavy atom. The number of aliphatic hydroxyl groups is 1. The molecule has 0 saturated heterocycles. The summed E-state index contributed by atoms with van der Waals surface area (Å²) in [6.45, 7) is 2.05. The summed E-state index contributed by atoms with van der Waals surface area (Å²) in [5.74, 6) is 0.813. The van der Waals surface area contributed by atoms with E-state index in [1.54, 1.807) is 6.92 Å². The van der Waals surface area contributed by atoms with E-state index >= 15 is 0 Å². The summed E-state index contributed by atoms with van der Waals surface area (Å²) >= 11 is -0.105. The molecule has 1 aliphatic carbocycles. The van der Waals surface area contributed by atoms with Crippen LogP contribution in [0, 0.1) is 3.57 Å². The Balaban J connectivity index is 1.91. The van der Waals surface area contributed by atoms with Gasteiger partial charge in [-0.2, -0.15) is 0 Å². The molecule has 1 aromatic rings. The van der Waals surface area contributed by atoms with Gasteiger partial charge in [0.25, 0.3) is 0 Å². The van der Waals surface area contributed by atoms with Crippen LogP contribution in [-0.4, -0.2) is 17.8 Å².